The normalized spacial score (nSPS) is 9.90. The molecule has 0 unspecified atom stereocenters. The van der Waals surface area contributed by atoms with E-state index in [0.29, 0.717) is 11.5 Å². The van der Waals surface area contributed by atoms with Gasteiger partial charge in [-0.15, -0.1) is 0 Å². The Labute approximate surface area is 121 Å². The van der Waals surface area contributed by atoms with E-state index in [4.69, 9.17) is 5.11 Å². The zero-order valence-electron chi connectivity index (χ0n) is 13.2. The van der Waals surface area contributed by atoms with Crippen molar-refractivity contribution in [2.45, 2.75) is 41.5 Å². The van der Waals surface area contributed by atoms with Gasteiger partial charge in [-0.05, 0) is 93.1 Å². The van der Waals surface area contributed by atoms with E-state index in [1.165, 1.54) is 5.56 Å². The molecule has 0 heterocycles. The molecule has 2 N–H and O–H groups in total. The molecule has 0 fully saturated rings. The summed E-state index contributed by atoms with van der Waals surface area (Å²) < 4.78 is 0. The van der Waals surface area contributed by atoms with Gasteiger partial charge < -0.3 is 10.2 Å². The van der Waals surface area contributed by atoms with Crippen molar-refractivity contribution in [3.63, 3.8) is 0 Å². The predicted molar refractivity (Wildman–Crippen MR) is 84.6 cm³/mol. The third-order valence-electron chi connectivity index (χ3n) is 3.70. The Morgan fingerprint density at radius 1 is 0.600 bits per heavy atom. The number of phenolic OH excluding ortho intramolecular Hbond substituents is 2. The lowest BCUT2D eigenvalue weighted by atomic mass is 10.0. The summed E-state index contributed by atoms with van der Waals surface area (Å²) in [4.78, 5) is 0. The zero-order chi connectivity index (χ0) is 15.4. The first-order valence-corrected chi connectivity index (χ1v) is 6.76. The van der Waals surface area contributed by atoms with Crippen molar-refractivity contribution < 1.29 is 10.2 Å². The summed E-state index contributed by atoms with van der Waals surface area (Å²) in [7, 11) is 0. The molecule has 0 saturated heterocycles. The number of phenols is 2. The number of aryl methyl sites for hydroxylation is 4. The van der Waals surface area contributed by atoms with E-state index in [1.807, 2.05) is 34.6 Å². The average Bonchev–Trinajstić information content (AvgIpc) is 2.33. The minimum Gasteiger partial charge on any atom is -0.508 e. The Hall–Kier alpha value is -1.96. The third-order valence-corrected chi connectivity index (χ3v) is 3.70. The first-order valence-electron chi connectivity index (χ1n) is 6.76. The molecule has 2 nitrogen and oxygen atoms in total. The molecule has 2 heteroatoms. The monoisotopic (exact) mass is 272 g/mol. The van der Waals surface area contributed by atoms with Gasteiger partial charge >= 0.3 is 0 Å². The minimum absolute atomic E-state index is 0.362. The molecule has 2 aromatic rings. The van der Waals surface area contributed by atoms with Gasteiger partial charge in [-0.25, -0.2) is 0 Å². The molecule has 0 spiro atoms. The Kier molecular flexibility index (Phi) is 5.20. The van der Waals surface area contributed by atoms with Gasteiger partial charge in [0.2, 0.25) is 0 Å². The van der Waals surface area contributed by atoms with Crippen LogP contribution in [0.4, 0.5) is 0 Å². The van der Waals surface area contributed by atoms with Crippen molar-refractivity contribution in [3.8, 4) is 11.5 Å². The van der Waals surface area contributed by atoms with Crippen molar-refractivity contribution in [2.24, 2.45) is 0 Å². The van der Waals surface area contributed by atoms with Crippen LogP contribution in [0.5, 0.6) is 11.5 Å². The Morgan fingerprint density at radius 3 is 1.50 bits per heavy atom. The Balaban J connectivity index is 0.000000200. The fourth-order valence-electron chi connectivity index (χ4n) is 2.03. The van der Waals surface area contributed by atoms with Crippen molar-refractivity contribution in [1.29, 1.82) is 0 Å². The largest absolute Gasteiger partial charge is 0.508 e. The van der Waals surface area contributed by atoms with Crippen LogP contribution >= 0.6 is 0 Å². The van der Waals surface area contributed by atoms with Gasteiger partial charge in [0.15, 0.2) is 0 Å². The third kappa shape index (κ3) is 4.02. The summed E-state index contributed by atoms with van der Waals surface area (Å²) in [5.41, 5.74) is 6.80. The van der Waals surface area contributed by atoms with Crippen LogP contribution in [0.15, 0.2) is 24.3 Å². The summed E-state index contributed by atoms with van der Waals surface area (Å²) in [5, 5.41) is 18.4. The molecule has 0 radical (unpaired) electrons. The minimum atomic E-state index is 0.362. The second-order valence-corrected chi connectivity index (χ2v) is 5.43. The SMILES string of the molecule is Cc1cc(C)c(C)c(O)c1.Cc1cc(O)cc(C)c1C. The molecule has 0 aliphatic rings. The Morgan fingerprint density at radius 2 is 1.05 bits per heavy atom. The van der Waals surface area contributed by atoms with Crippen LogP contribution in [0, 0.1) is 41.5 Å². The quantitative estimate of drug-likeness (QED) is 0.733. The maximum absolute atomic E-state index is 9.28. The van der Waals surface area contributed by atoms with Crippen LogP contribution in [-0.2, 0) is 0 Å². The lowest BCUT2D eigenvalue weighted by Gasteiger charge is -2.03. The molecule has 108 valence electrons. The molecule has 0 atom stereocenters. The smallest absolute Gasteiger partial charge is 0.119 e. The fraction of sp³-hybridized carbons (Fsp3) is 0.333. The highest BCUT2D eigenvalue weighted by Gasteiger charge is 1.99. The number of hydrogen-bond acceptors (Lipinski definition) is 2. The molecule has 20 heavy (non-hydrogen) atoms. The summed E-state index contributed by atoms with van der Waals surface area (Å²) in [5.74, 6) is 0.762. The average molecular weight is 272 g/mol. The van der Waals surface area contributed by atoms with E-state index >= 15 is 0 Å². The maximum Gasteiger partial charge on any atom is 0.119 e. The second kappa shape index (κ2) is 6.47. The molecule has 0 saturated carbocycles. The van der Waals surface area contributed by atoms with Crippen molar-refractivity contribution in [1.82, 2.24) is 0 Å². The van der Waals surface area contributed by atoms with Crippen LogP contribution in [0.2, 0.25) is 0 Å². The highest BCUT2D eigenvalue weighted by molar-refractivity contribution is 5.41. The molecule has 0 amide bonds. The van der Waals surface area contributed by atoms with E-state index in [0.717, 1.165) is 27.8 Å². The van der Waals surface area contributed by atoms with E-state index in [-0.39, 0.29) is 0 Å². The summed E-state index contributed by atoms with van der Waals surface area (Å²) >= 11 is 0. The number of rotatable bonds is 0. The lowest BCUT2D eigenvalue weighted by molar-refractivity contribution is 0.470. The standard InChI is InChI=1S/2C9H12O/c1-6-4-9(10)5-7(2)8(6)3;1-6-4-7(2)8(3)9(10)5-6/h2*4-5,10H,1-3H3. The number of aromatic hydroxyl groups is 2. The predicted octanol–water partition coefficient (Wildman–Crippen LogP) is 4.63. The molecular formula is C18H24O2. The van der Waals surface area contributed by atoms with Gasteiger partial charge in [0.1, 0.15) is 11.5 Å². The molecular weight excluding hydrogens is 248 g/mol. The molecule has 0 aromatic heterocycles. The summed E-state index contributed by atoms with van der Waals surface area (Å²) in [6.07, 6.45) is 0. The first kappa shape index (κ1) is 16.1. The van der Waals surface area contributed by atoms with Crippen LogP contribution in [0.1, 0.15) is 33.4 Å². The van der Waals surface area contributed by atoms with Gasteiger partial charge in [-0.1, -0.05) is 6.07 Å². The van der Waals surface area contributed by atoms with Gasteiger partial charge in [-0.3, -0.25) is 0 Å². The Bertz CT molecular complexity index is 511. The van der Waals surface area contributed by atoms with E-state index in [1.54, 1.807) is 18.2 Å². The highest BCUT2D eigenvalue weighted by atomic mass is 16.3. The molecule has 0 aliphatic heterocycles. The van der Waals surface area contributed by atoms with Gasteiger partial charge in [0.25, 0.3) is 0 Å². The highest BCUT2D eigenvalue weighted by Crippen LogP contribution is 2.21. The fourth-order valence-corrected chi connectivity index (χ4v) is 2.03. The first-order chi connectivity index (χ1) is 9.22. The van der Waals surface area contributed by atoms with Crippen LogP contribution in [0.3, 0.4) is 0 Å². The zero-order valence-corrected chi connectivity index (χ0v) is 13.2. The molecule has 2 rings (SSSR count). The van der Waals surface area contributed by atoms with Gasteiger partial charge in [-0.2, -0.15) is 0 Å². The van der Waals surface area contributed by atoms with Gasteiger partial charge in [0, 0.05) is 0 Å². The van der Waals surface area contributed by atoms with Crippen molar-refractivity contribution >= 4 is 0 Å². The summed E-state index contributed by atoms with van der Waals surface area (Å²) in [6, 6.07) is 7.40. The number of hydrogen-bond donors (Lipinski definition) is 2. The lowest BCUT2D eigenvalue weighted by Crippen LogP contribution is -1.84. The maximum atomic E-state index is 9.28. The van der Waals surface area contributed by atoms with Crippen molar-refractivity contribution in [2.75, 3.05) is 0 Å². The molecule has 0 bridgehead atoms. The molecule has 2 aromatic carbocycles. The van der Waals surface area contributed by atoms with Crippen molar-refractivity contribution in [3.05, 3.63) is 57.6 Å². The van der Waals surface area contributed by atoms with Gasteiger partial charge in [0.05, 0.1) is 0 Å². The molecule has 0 aliphatic carbocycles. The van der Waals surface area contributed by atoms with E-state index < -0.39 is 0 Å². The van der Waals surface area contributed by atoms with Crippen LogP contribution in [0.25, 0.3) is 0 Å². The van der Waals surface area contributed by atoms with Crippen LogP contribution < -0.4 is 0 Å². The topological polar surface area (TPSA) is 40.5 Å². The van der Waals surface area contributed by atoms with E-state index in [2.05, 4.69) is 13.0 Å². The van der Waals surface area contributed by atoms with E-state index in [9.17, 15) is 5.11 Å². The van der Waals surface area contributed by atoms with Crippen LogP contribution in [-0.4, -0.2) is 10.2 Å². The summed E-state index contributed by atoms with van der Waals surface area (Å²) in [6.45, 7) is 12.0. The second-order valence-electron chi connectivity index (χ2n) is 5.43. The number of benzene rings is 2.